The number of aliphatic hydroxyl groups excluding tert-OH is 5. The molecule has 0 saturated heterocycles. The summed E-state index contributed by atoms with van der Waals surface area (Å²) in [6, 6.07) is -1.55. The van der Waals surface area contributed by atoms with Crippen LogP contribution in [0, 0.1) is 10.1 Å². The number of hydrogen-bond acceptors (Lipinski definition) is 10. The summed E-state index contributed by atoms with van der Waals surface area (Å²) in [5, 5.41) is 61.3. The summed E-state index contributed by atoms with van der Waals surface area (Å²) in [5.41, 5.74) is -3.32. The molecule has 1 aliphatic heterocycles. The van der Waals surface area contributed by atoms with Crippen LogP contribution in [0.5, 0.6) is 0 Å². The van der Waals surface area contributed by atoms with Gasteiger partial charge in [0.15, 0.2) is 12.0 Å². The van der Waals surface area contributed by atoms with Crippen molar-refractivity contribution in [3.63, 3.8) is 0 Å². The van der Waals surface area contributed by atoms with E-state index in [1.54, 1.807) is 0 Å². The monoisotopic (exact) mass is 348 g/mol. The van der Waals surface area contributed by atoms with Gasteiger partial charge in [-0.15, -0.1) is 0 Å². The Morgan fingerprint density at radius 1 is 1.33 bits per heavy atom. The molecule has 0 aromatic carbocycles. The van der Waals surface area contributed by atoms with Crippen LogP contribution < -0.4 is 16.6 Å². The smallest absolute Gasteiger partial charge is 0.374 e. The van der Waals surface area contributed by atoms with Gasteiger partial charge in [0.1, 0.15) is 24.4 Å². The average molecular weight is 348 g/mol. The Bertz CT molecular complexity index is 772. The maximum absolute atomic E-state index is 12.1. The number of nitrogens with zero attached hydrogens (tertiary/aromatic N) is 3. The molecule has 5 atom stereocenters. The average Bonchev–Trinajstić information content (AvgIpc) is 2.87. The number of aliphatic hydroxyl groups is 5. The standard InChI is InChI=1S/C11H16N4O9/c1-13-10(21)5(15(23)24)8-12-4(9(20)14(8)11(13)22)7(19)6(18)3(17)2-16/h3-4,6-7,9,12,16-20H,2H2,1H3/t3-,4+,6-,7+,9+/m1/s1. The van der Waals surface area contributed by atoms with Gasteiger partial charge in [-0.3, -0.25) is 19.5 Å². The second-order valence-electron chi connectivity index (χ2n) is 5.29. The van der Waals surface area contributed by atoms with E-state index in [-0.39, 0.29) is 0 Å². The molecule has 6 N–H and O–H groups in total. The van der Waals surface area contributed by atoms with Gasteiger partial charge in [0.2, 0.25) is 0 Å². The van der Waals surface area contributed by atoms with Crippen LogP contribution in [0.25, 0.3) is 0 Å². The lowest BCUT2D eigenvalue weighted by Crippen LogP contribution is -2.50. The fraction of sp³-hybridized carbons (Fsp3) is 0.636. The van der Waals surface area contributed by atoms with Gasteiger partial charge in [0, 0.05) is 7.05 Å². The Balaban J connectivity index is 2.54. The van der Waals surface area contributed by atoms with E-state index in [0.717, 1.165) is 7.05 Å². The Morgan fingerprint density at radius 3 is 2.42 bits per heavy atom. The topological polar surface area (TPSA) is 200 Å². The normalized spacial score (nSPS) is 23.2. The van der Waals surface area contributed by atoms with Gasteiger partial charge in [-0.25, -0.2) is 9.36 Å². The first-order chi connectivity index (χ1) is 11.1. The van der Waals surface area contributed by atoms with Crippen LogP contribution in [0.1, 0.15) is 6.23 Å². The number of fused-ring (bicyclic) bond motifs is 1. The van der Waals surface area contributed by atoms with Crippen molar-refractivity contribution < 1.29 is 30.5 Å². The fourth-order valence-corrected chi connectivity index (χ4v) is 2.47. The van der Waals surface area contributed by atoms with E-state index in [0.29, 0.717) is 9.13 Å². The van der Waals surface area contributed by atoms with Crippen LogP contribution in [0.4, 0.5) is 11.5 Å². The van der Waals surface area contributed by atoms with E-state index >= 15 is 0 Å². The maximum atomic E-state index is 12.1. The molecule has 13 heteroatoms. The molecule has 2 heterocycles. The molecule has 0 saturated carbocycles. The quantitative estimate of drug-likeness (QED) is 0.224. The molecule has 0 fully saturated rings. The Morgan fingerprint density at radius 2 is 1.92 bits per heavy atom. The Kier molecular flexibility index (Phi) is 4.73. The van der Waals surface area contributed by atoms with Gasteiger partial charge in [-0.1, -0.05) is 0 Å². The zero-order chi connectivity index (χ0) is 18.3. The molecular formula is C11H16N4O9. The van der Waals surface area contributed by atoms with Gasteiger partial charge < -0.3 is 30.8 Å². The molecule has 134 valence electrons. The van der Waals surface area contributed by atoms with Gasteiger partial charge in [-0.05, 0) is 0 Å². The first-order valence-electron chi connectivity index (χ1n) is 6.73. The van der Waals surface area contributed by atoms with Crippen LogP contribution in [0.2, 0.25) is 0 Å². The largest absolute Gasteiger partial charge is 0.394 e. The van der Waals surface area contributed by atoms with Gasteiger partial charge in [-0.2, -0.15) is 0 Å². The molecule has 13 nitrogen and oxygen atoms in total. The minimum Gasteiger partial charge on any atom is -0.394 e. The number of anilines is 1. The summed E-state index contributed by atoms with van der Waals surface area (Å²) in [5.74, 6) is -0.629. The number of nitro groups is 1. The third kappa shape index (κ3) is 2.57. The van der Waals surface area contributed by atoms with E-state index < -0.39 is 64.9 Å². The lowest BCUT2D eigenvalue weighted by Gasteiger charge is -2.27. The highest BCUT2D eigenvalue weighted by atomic mass is 16.6. The maximum Gasteiger partial charge on any atom is 0.374 e. The van der Waals surface area contributed by atoms with Crippen molar-refractivity contribution in [3.05, 3.63) is 31.0 Å². The van der Waals surface area contributed by atoms with Crippen molar-refractivity contribution >= 4 is 11.5 Å². The van der Waals surface area contributed by atoms with Gasteiger partial charge in [0.25, 0.3) is 0 Å². The second-order valence-corrected chi connectivity index (χ2v) is 5.29. The van der Waals surface area contributed by atoms with Crippen molar-refractivity contribution in [2.45, 2.75) is 30.6 Å². The van der Waals surface area contributed by atoms with Gasteiger partial charge >= 0.3 is 16.9 Å². The highest BCUT2D eigenvalue weighted by molar-refractivity contribution is 5.58. The van der Waals surface area contributed by atoms with E-state index in [1.165, 1.54) is 0 Å². The van der Waals surface area contributed by atoms with Crippen LogP contribution in [-0.2, 0) is 7.05 Å². The van der Waals surface area contributed by atoms with Crippen molar-refractivity contribution in [2.75, 3.05) is 11.9 Å². The van der Waals surface area contributed by atoms with Crippen molar-refractivity contribution in [3.8, 4) is 0 Å². The molecular weight excluding hydrogens is 332 g/mol. The summed E-state index contributed by atoms with van der Waals surface area (Å²) in [6.07, 6.45) is -7.46. The molecule has 0 aliphatic carbocycles. The Hall–Kier alpha value is -2.32. The molecule has 0 bridgehead atoms. The fourth-order valence-electron chi connectivity index (χ4n) is 2.47. The lowest BCUT2D eigenvalue weighted by atomic mass is 10.0. The Labute approximate surface area is 132 Å². The second kappa shape index (κ2) is 6.29. The molecule has 1 aliphatic rings. The summed E-state index contributed by atoms with van der Waals surface area (Å²) in [6.45, 7) is -0.895. The molecule has 0 amide bonds. The zero-order valence-electron chi connectivity index (χ0n) is 12.3. The van der Waals surface area contributed by atoms with Crippen LogP contribution in [0.15, 0.2) is 9.59 Å². The number of hydrogen-bond donors (Lipinski definition) is 6. The number of aromatic nitrogens is 2. The van der Waals surface area contributed by atoms with Crippen molar-refractivity contribution in [2.24, 2.45) is 7.05 Å². The minimum atomic E-state index is -1.92. The third-order valence-corrected chi connectivity index (χ3v) is 3.84. The predicted molar refractivity (Wildman–Crippen MR) is 76.4 cm³/mol. The van der Waals surface area contributed by atoms with Crippen molar-refractivity contribution in [1.82, 2.24) is 9.13 Å². The summed E-state index contributed by atoms with van der Waals surface area (Å²) >= 11 is 0. The van der Waals surface area contributed by atoms with Crippen molar-refractivity contribution in [1.29, 1.82) is 0 Å². The van der Waals surface area contributed by atoms with E-state index in [1.807, 2.05) is 0 Å². The molecule has 1 aromatic rings. The highest BCUT2D eigenvalue weighted by Crippen LogP contribution is 2.32. The third-order valence-electron chi connectivity index (χ3n) is 3.84. The van der Waals surface area contributed by atoms with Crippen LogP contribution in [0.3, 0.4) is 0 Å². The molecule has 0 unspecified atom stereocenters. The number of rotatable bonds is 5. The highest BCUT2D eigenvalue weighted by Gasteiger charge is 2.45. The molecule has 24 heavy (non-hydrogen) atoms. The lowest BCUT2D eigenvalue weighted by molar-refractivity contribution is -0.386. The SMILES string of the molecule is Cn1c(=O)c([N+](=O)[O-])c2n(c1=O)[C@@H](O)[C@H]([C@H](O)[C@H](O)[C@H](O)CO)N2. The van der Waals surface area contributed by atoms with Crippen LogP contribution >= 0.6 is 0 Å². The van der Waals surface area contributed by atoms with E-state index in [9.17, 15) is 40.1 Å². The molecule has 0 spiro atoms. The first-order valence-corrected chi connectivity index (χ1v) is 6.73. The molecule has 1 aromatic heterocycles. The number of nitrogens with one attached hydrogen (secondary N) is 1. The van der Waals surface area contributed by atoms with Gasteiger partial charge in [0.05, 0.1) is 11.5 Å². The predicted octanol–water partition coefficient (Wildman–Crippen LogP) is -4.18. The minimum absolute atomic E-state index is 0.417. The zero-order valence-corrected chi connectivity index (χ0v) is 12.3. The van der Waals surface area contributed by atoms with Crippen LogP contribution in [-0.4, -0.2) is 70.6 Å². The first kappa shape index (κ1) is 18.0. The summed E-state index contributed by atoms with van der Waals surface area (Å²) in [7, 11) is 0.978. The van der Waals surface area contributed by atoms with E-state index in [2.05, 4.69) is 5.32 Å². The summed E-state index contributed by atoms with van der Waals surface area (Å²) < 4.78 is 0.908. The summed E-state index contributed by atoms with van der Waals surface area (Å²) in [4.78, 5) is 34.0. The van der Waals surface area contributed by atoms with E-state index in [4.69, 9.17) is 5.11 Å². The molecule has 0 radical (unpaired) electrons. The molecule has 2 rings (SSSR count).